The van der Waals surface area contributed by atoms with Crippen LogP contribution in [0.4, 0.5) is 0 Å². The molecule has 186 valence electrons. The molecule has 0 radical (unpaired) electrons. The zero-order valence-corrected chi connectivity index (χ0v) is 21.6. The SMILES string of the molecule is C=CC(=O)N1CC2(CC(n3nc(C4=Cc5ccncc5C4)c(-c4c(Cl)c(C)cc5[nH]ncc45)c3C)C2)C1. The summed E-state index contributed by atoms with van der Waals surface area (Å²) in [6, 6.07) is 4.40. The molecule has 0 bridgehead atoms. The van der Waals surface area contributed by atoms with Crippen molar-refractivity contribution in [2.45, 2.75) is 39.2 Å². The van der Waals surface area contributed by atoms with E-state index < -0.39 is 0 Å². The van der Waals surface area contributed by atoms with E-state index in [1.807, 2.05) is 36.5 Å². The highest BCUT2D eigenvalue weighted by Crippen LogP contribution is 2.55. The van der Waals surface area contributed by atoms with Gasteiger partial charge in [0.05, 0.1) is 28.5 Å². The summed E-state index contributed by atoms with van der Waals surface area (Å²) in [5, 5.41) is 14.4. The van der Waals surface area contributed by atoms with Gasteiger partial charge in [-0.05, 0) is 73.2 Å². The Morgan fingerprint density at radius 2 is 2.05 bits per heavy atom. The third-order valence-electron chi connectivity index (χ3n) is 8.44. The number of halogens is 1. The predicted octanol–water partition coefficient (Wildman–Crippen LogP) is 5.54. The molecule has 0 atom stereocenters. The monoisotopic (exact) mass is 510 g/mol. The van der Waals surface area contributed by atoms with Crippen LogP contribution in [0.25, 0.3) is 33.7 Å². The number of H-pyrrole nitrogens is 1. The Kier molecular flexibility index (Phi) is 4.80. The number of amides is 1. The van der Waals surface area contributed by atoms with Gasteiger partial charge in [0.1, 0.15) is 0 Å². The van der Waals surface area contributed by atoms with Crippen LogP contribution in [-0.4, -0.2) is 48.9 Å². The van der Waals surface area contributed by atoms with Crippen molar-refractivity contribution in [2.75, 3.05) is 13.1 Å². The Hall–Kier alpha value is -3.71. The predicted molar refractivity (Wildman–Crippen MR) is 145 cm³/mol. The third kappa shape index (κ3) is 3.26. The second-order valence-corrected chi connectivity index (χ2v) is 11.2. The molecule has 1 aliphatic heterocycles. The lowest BCUT2D eigenvalue weighted by atomic mass is 9.60. The maximum Gasteiger partial charge on any atom is 0.245 e. The number of hydrogen-bond acceptors (Lipinski definition) is 4. The van der Waals surface area contributed by atoms with Crippen molar-refractivity contribution < 1.29 is 4.79 Å². The molecule has 2 aliphatic carbocycles. The smallest absolute Gasteiger partial charge is 0.245 e. The van der Waals surface area contributed by atoms with Gasteiger partial charge in [-0.25, -0.2) is 0 Å². The normalized spacial score (nSPS) is 18.0. The van der Waals surface area contributed by atoms with E-state index in [1.54, 1.807) is 0 Å². The maximum atomic E-state index is 12.0. The van der Waals surface area contributed by atoms with E-state index in [0.29, 0.717) is 6.04 Å². The second kappa shape index (κ2) is 7.89. The number of nitrogens with zero attached hydrogens (tertiary/aromatic N) is 5. The van der Waals surface area contributed by atoms with Gasteiger partial charge in [0.15, 0.2) is 0 Å². The fourth-order valence-corrected chi connectivity index (χ4v) is 6.84. The first-order valence-corrected chi connectivity index (χ1v) is 13.0. The molecule has 2 fully saturated rings. The van der Waals surface area contributed by atoms with Crippen LogP contribution in [0.3, 0.4) is 0 Å². The summed E-state index contributed by atoms with van der Waals surface area (Å²) < 4.78 is 2.21. The largest absolute Gasteiger partial charge is 0.338 e. The fraction of sp³-hybridized carbons (Fsp3) is 0.310. The molecular weight excluding hydrogens is 484 g/mol. The molecule has 1 saturated heterocycles. The van der Waals surface area contributed by atoms with Crippen LogP contribution in [0.15, 0.2) is 43.4 Å². The number of pyridine rings is 1. The number of fused-ring (bicyclic) bond motifs is 2. The van der Waals surface area contributed by atoms with E-state index in [1.165, 1.54) is 22.8 Å². The third-order valence-corrected chi connectivity index (χ3v) is 8.93. The number of allylic oxidation sites excluding steroid dienone is 1. The molecule has 3 aromatic heterocycles. The molecule has 4 heterocycles. The van der Waals surface area contributed by atoms with Crippen LogP contribution in [0.2, 0.25) is 5.02 Å². The van der Waals surface area contributed by atoms with Gasteiger partial charge in [0.2, 0.25) is 5.91 Å². The molecule has 0 unspecified atom stereocenters. The molecule has 1 N–H and O–H groups in total. The molecule has 1 saturated carbocycles. The first kappa shape index (κ1) is 22.5. The molecule has 7 rings (SSSR count). The number of aromatic nitrogens is 5. The van der Waals surface area contributed by atoms with Crippen LogP contribution in [0, 0.1) is 19.3 Å². The standard InChI is InChI=1S/C29H27ClN6O/c1-4-24(37)35-14-29(15-35)10-21(11-29)36-17(3)25(26-22-13-32-33-23(22)7-16(2)27(26)30)28(34-36)19-8-18-5-6-31-12-20(18)9-19/h4-8,12-13,21H,1,9-11,14-15H2,2-3H3,(H,32,33). The lowest BCUT2D eigenvalue weighted by molar-refractivity contribution is -0.149. The number of aryl methyl sites for hydroxylation is 1. The van der Waals surface area contributed by atoms with Crippen molar-refractivity contribution in [3.63, 3.8) is 0 Å². The maximum absolute atomic E-state index is 12.0. The van der Waals surface area contributed by atoms with E-state index in [0.717, 1.165) is 76.4 Å². The molecule has 1 spiro atoms. The molecule has 37 heavy (non-hydrogen) atoms. The van der Waals surface area contributed by atoms with Crippen molar-refractivity contribution in [3.05, 3.63) is 76.5 Å². The number of hydrogen-bond donors (Lipinski definition) is 1. The summed E-state index contributed by atoms with van der Waals surface area (Å²) in [6.45, 7) is 9.42. The summed E-state index contributed by atoms with van der Waals surface area (Å²) >= 11 is 7.02. The summed E-state index contributed by atoms with van der Waals surface area (Å²) in [6.07, 6.45) is 12.1. The first-order valence-electron chi connectivity index (χ1n) is 12.6. The summed E-state index contributed by atoms with van der Waals surface area (Å²) in [5.74, 6) is 0.0226. The summed E-state index contributed by atoms with van der Waals surface area (Å²) in [4.78, 5) is 18.2. The van der Waals surface area contributed by atoms with Crippen LogP contribution < -0.4 is 0 Å². The molecule has 3 aliphatic rings. The van der Waals surface area contributed by atoms with Crippen molar-refractivity contribution in [1.82, 2.24) is 29.9 Å². The van der Waals surface area contributed by atoms with Gasteiger partial charge in [-0.2, -0.15) is 10.2 Å². The van der Waals surface area contributed by atoms with Crippen LogP contribution >= 0.6 is 11.6 Å². The molecular formula is C29H27ClN6O. The minimum Gasteiger partial charge on any atom is -0.338 e. The second-order valence-electron chi connectivity index (χ2n) is 10.8. The van der Waals surface area contributed by atoms with E-state index in [9.17, 15) is 4.79 Å². The van der Waals surface area contributed by atoms with E-state index in [4.69, 9.17) is 16.7 Å². The topological polar surface area (TPSA) is 79.7 Å². The average molecular weight is 511 g/mol. The number of carbonyl (C=O) groups excluding carboxylic acids is 1. The number of aromatic amines is 1. The molecule has 1 aromatic carbocycles. The minimum atomic E-state index is 0.0226. The quantitative estimate of drug-likeness (QED) is 0.366. The van der Waals surface area contributed by atoms with Gasteiger partial charge in [-0.15, -0.1) is 0 Å². The van der Waals surface area contributed by atoms with E-state index in [-0.39, 0.29) is 11.3 Å². The highest BCUT2D eigenvalue weighted by atomic mass is 35.5. The van der Waals surface area contributed by atoms with Gasteiger partial charge >= 0.3 is 0 Å². The summed E-state index contributed by atoms with van der Waals surface area (Å²) in [7, 11) is 0. The highest BCUT2D eigenvalue weighted by Gasteiger charge is 2.54. The summed E-state index contributed by atoms with van der Waals surface area (Å²) in [5.41, 5.74) is 9.89. The van der Waals surface area contributed by atoms with Crippen molar-refractivity contribution in [3.8, 4) is 11.1 Å². The lowest BCUT2D eigenvalue weighted by Gasteiger charge is -2.58. The number of nitrogens with one attached hydrogen (secondary N) is 1. The molecule has 8 heteroatoms. The van der Waals surface area contributed by atoms with E-state index in [2.05, 4.69) is 45.5 Å². The van der Waals surface area contributed by atoms with Gasteiger partial charge in [0, 0.05) is 59.5 Å². The zero-order chi connectivity index (χ0) is 25.5. The van der Waals surface area contributed by atoms with Crippen molar-refractivity contribution in [1.29, 1.82) is 0 Å². The van der Waals surface area contributed by atoms with Crippen molar-refractivity contribution >= 4 is 40.1 Å². The fourth-order valence-electron chi connectivity index (χ4n) is 6.59. The number of likely N-dealkylation sites (tertiary alicyclic amines) is 1. The number of carbonyl (C=O) groups is 1. The highest BCUT2D eigenvalue weighted by molar-refractivity contribution is 6.36. The van der Waals surface area contributed by atoms with E-state index >= 15 is 0 Å². The molecule has 7 nitrogen and oxygen atoms in total. The van der Waals surface area contributed by atoms with Crippen LogP contribution in [-0.2, 0) is 11.2 Å². The van der Waals surface area contributed by atoms with Gasteiger partial charge in [-0.3, -0.25) is 19.6 Å². The average Bonchev–Trinajstić information content (AvgIpc) is 3.55. The Bertz CT molecular complexity index is 1650. The van der Waals surface area contributed by atoms with Crippen LogP contribution in [0.1, 0.15) is 47.0 Å². The zero-order valence-electron chi connectivity index (χ0n) is 20.9. The Labute approximate surface area is 219 Å². The van der Waals surface area contributed by atoms with Crippen LogP contribution in [0.5, 0.6) is 0 Å². The lowest BCUT2D eigenvalue weighted by Crippen LogP contribution is -2.63. The number of rotatable bonds is 4. The Balaban J connectivity index is 1.33. The Morgan fingerprint density at radius 1 is 1.24 bits per heavy atom. The van der Waals surface area contributed by atoms with Crippen molar-refractivity contribution in [2.24, 2.45) is 5.41 Å². The van der Waals surface area contributed by atoms with Gasteiger partial charge in [0.25, 0.3) is 0 Å². The van der Waals surface area contributed by atoms with Gasteiger partial charge < -0.3 is 4.90 Å². The minimum absolute atomic E-state index is 0.0226. The molecule has 1 amide bonds. The Morgan fingerprint density at radius 3 is 2.81 bits per heavy atom. The van der Waals surface area contributed by atoms with Gasteiger partial charge in [-0.1, -0.05) is 18.2 Å². The molecule has 4 aromatic rings. The number of benzene rings is 1. The first-order chi connectivity index (χ1) is 17.9.